The number of aromatic nitrogens is 1. The van der Waals surface area contributed by atoms with E-state index in [1.807, 2.05) is 31.4 Å². The molecule has 0 aliphatic carbocycles. The quantitative estimate of drug-likeness (QED) is 0.765. The van der Waals surface area contributed by atoms with Crippen molar-refractivity contribution in [2.45, 2.75) is 44.9 Å². The van der Waals surface area contributed by atoms with Crippen molar-refractivity contribution in [2.24, 2.45) is 5.92 Å². The number of amides is 2. The first-order chi connectivity index (χ1) is 14.4. The van der Waals surface area contributed by atoms with Crippen LogP contribution in [0.5, 0.6) is 0 Å². The highest BCUT2D eigenvalue weighted by Crippen LogP contribution is 2.28. The number of benzene rings is 1. The second-order valence-electron chi connectivity index (χ2n) is 8.19. The molecule has 0 bridgehead atoms. The molecule has 7 nitrogen and oxygen atoms in total. The van der Waals surface area contributed by atoms with Crippen LogP contribution < -0.4 is 5.32 Å². The van der Waals surface area contributed by atoms with Gasteiger partial charge in [0.15, 0.2) is 5.78 Å². The fourth-order valence-electron chi connectivity index (χ4n) is 4.12. The van der Waals surface area contributed by atoms with Crippen molar-refractivity contribution in [3.63, 3.8) is 0 Å². The summed E-state index contributed by atoms with van der Waals surface area (Å²) in [6, 6.07) is 5.98. The van der Waals surface area contributed by atoms with E-state index in [-0.39, 0.29) is 36.2 Å². The number of hydrogen-bond acceptors (Lipinski definition) is 6. The number of rotatable bonds is 6. The standard InChI is InChI=1S/C22H25N3O4S/c1-13(2)9-16(22(28)25-8-7-19-20(25)18(26)10-29-19)24-21(27)15-5-3-14(4-6-15)17-11-30-12-23-17/h3-6,11-13,16,19-20H,7-10H2,1-2H3,(H,24,27)/t16-,19+,20+/m0/s1. The Balaban J connectivity index is 1.48. The minimum absolute atomic E-state index is 0.0573. The van der Waals surface area contributed by atoms with E-state index in [4.69, 9.17) is 4.74 Å². The molecule has 4 rings (SSSR count). The van der Waals surface area contributed by atoms with Crippen molar-refractivity contribution >= 4 is 28.9 Å². The maximum atomic E-state index is 13.2. The number of likely N-dealkylation sites (tertiary alicyclic amines) is 1. The van der Waals surface area contributed by atoms with Crippen LogP contribution in [0.15, 0.2) is 35.2 Å². The van der Waals surface area contributed by atoms with Gasteiger partial charge in [-0.15, -0.1) is 11.3 Å². The Labute approximate surface area is 179 Å². The number of hydrogen-bond donors (Lipinski definition) is 1. The van der Waals surface area contributed by atoms with E-state index in [0.29, 0.717) is 24.9 Å². The van der Waals surface area contributed by atoms with Crippen molar-refractivity contribution in [3.05, 3.63) is 40.7 Å². The van der Waals surface area contributed by atoms with Gasteiger partial charge in [-0.2, -0.15) is 0 Å². The lowest BCUT2D eigenvalue weighted by Crippen LogP contribution is -2.52. The summed E-state index contributed by atoms with van der Waals surface area (Å²) in [5, 5.41) is 4.84. The van der Waals surface area contributed by atoms with Crippen LogP contribution in [0.1, 0.15) is 37.0 Å². The molecule has 8 heteroatoms. The lowest BCUT2D eigenvalue weighted by molar-refractivity contribution is -0.138. The molecule has 158 valence electrons. The molecular weight excluding hydrogens is 402 g/mol. The molecule has 0 spiro atoms. The minimum Gasteiger partial charge on any atom is -0.368 e. The molecule has 1 aromatic carbocycles. The zero-order valence-electron chi connectivity index (χ0n) is 17.0. The van der Waals surface area contributed by atoms with Crippen molar-refractivity contribution in [3.8, 4) is 11.3 Å². The van der Waals surface area contributed by atoms with Gasteiger partial charge >= 0.3 is 0 Å². The number of ketones is 1. The summed E-state index contributed by atoms with van der Waals surface area (Å²) in [6.45, 7) is 4.55. The van der Waals surface area contributed by atoms with Gasteiger partial charge in [0.2, 0.25) is 5.91 Å². The Morgan fingerprint density at radius 2 is 2.07 bits per heavy atom. The summed E-state index contributed by atoms with van der Waals surface area (Å²) in [4.78, 5) is 44.1. The Kier molecular flexibility index (Phi) is 5.97. The molecule has 2 aliphatic heterocycles. The van der Waals surface area contributed by atoms with Gasteiger partial charge in [0, 0.05) is 23.1 Å². The molecule has 0 unspecified atom stereocenters. The predicted molar refractivity (Wildman–Crippen MR) is 113 cm³/mol. The van der Waals surface area contributed by atoms with Crippen molar-refractivity contribution in [1.82, 2.24) is 15.2 Å². The molecular formula is C22H25N3O4S. The van der Waals surface area contributed by atoms with Gasteiger partial charge in [-0.3, -0.25) is 14.4 Å². The van der Waals surface area contributed by atoms with E-state index in [0.717, 1.165) is 11.3 Å². The third-order valence-electron chi connectivity index (χ3n) is 5.58. The molecule has 2 amide bonds. The number of Topliss-reactive ketones (excluding diaryl/α,β-unsaturated/α-hetero) is 1. The molecule has 1 N–H and O–H groups in total. The Hall–Kier alpha value is -2.58. The summed E-state index contributed by atoms with van der Waals surface area (Å²) in [7, 11) is 0. The normalized spacial score (nSPS) is 21.7. The summed E-state index contributed by atoms with van der Waals surface area (Å²) >= 11 is 1.52. The van der Waals surface area contributed by atoms with Gasteiger partial charge in [0.25, 0.3) is 5.91 Å². The summed E-state index contributed by atoms with van der Waals surface area (Å²) in [5.41, 5.74) is 4.05. The van der Waals surface area contributed by atoms with Gasteiger partial charge < -0.3 is 15.0 Å². The first-order valence-corrected chi connectivity index (χ1v) is 11.1. The third-order valence-corrected chi connectivity index (χ3v) is 6.17. The molecule has 3 heterocycles. The van der Waals surface area contributed by atoms with E-state index in [1.165, 1.54) is 11.3 Å². The van der Waals surface area contributed by atoms with Crippen LogP contribution in [-0.4, -0.2) is 58.8 Å². The van der Waals surface area contributed by atoms with E-state index in [2.05, 4.69) is 10.3 Å². The molecule has 0 radical (unpaired) electrons. The third kappa shape index (κ3) is 4.15. The molecule has 3 atom stereocenters. The van der Waals surface area contributed by atoms with Crippen LogP contribution in [0.2, 0.25) is 0 Å². The van der Waals surface area contributed by atoms with Crippen molar-refractivity contribution in [1.29, 1.82) is 0 Å². The Morgan fingerprint density at radius 1 is 1.30 bits per heavy atom. The largest absolute Gasteiger partial charge is 0.368 e. The van der Waals surface area contributed by atoms with E-state index < -0.39 is 12.1 Å². The highest BCUT2D eigenvalue weighted by atomic mass is 32.1. The molecule has 0 saturated carbocycles. The summed E-state index contributed by atoms with van der Waals surface area (Å²) in [6.07, 6.45) is 0.947. The van der Waals surface area contributed by atoms with E-state index in [1.54, 1.807) is 22.5 Å². The van der Waals surface area contributed by atoms with Gasteiger partial charge in [0.1, 0.15) is 18.7 Å². The number of carbonyl (C=O) groups is 3. The van der Waals surface area contributed by atoms with Crippen LogP contribution in [0.4, 0.5) is 0 Å². The molecule has 2 aromatic rings. The fourth-order valence-corrected chi connectivity index (χ4v) is 4.68. The fraction of sp³-hybridized carbons (Fsp3) is 0.455. The molecule has 2 fully saturated rings. The first-order valence-electron chi connectivity index (χ1n) is 10.2. The summed E-state index contributed by atoms with van der Waals surface area (Å²) < 4.78 is 5.49. The van der Waals surface area contributed by atoms with Crippen LogP contribution in [0.25, 0.3) is 11.3 Å². The van der Waals surface area contributed by atoms with Gasteiger partial charge in [-0.1, -0.05) is 26.0 Å². The zero-order valence-corrected chi connectivity index (χ0v) is 17.9. The number of nitrogens with one attached hydrogen (secondary N) is 1. The Bertz CT molecular complexity index is 926. The van der Waals surface area contributed by atoms with Crippen LogP contribution in [0, 0.1) is 5.92 Å². The second kappa shape index (κ2) is 8.65. The van der Waals surface area contributed by atoms with Gasteiger partial charge in [0.05, 0.1) is 17.3 Å². The van der Waals surface area contributed by atoms with Gasteiger partial charge in [-0.25, -0.2) is 4.98 Å². The second-order valence-corrected chi connectivity index (χ2v) is 8.91. The maximum Gasteiger partial charge on any atom is 0.251 e. The Morgan fingerprint density at radius 3 is 2.73 bits per heavy atom. The number of nitrogens with zero attached hydrogens (tertiary/aromatic N) is 2. The smallest absolute Gasteiger partial charge is 0.251 e. The minimum atomic E-state index is -0.678. The SMILES string of the molecule is CC(C)C[C@H](NC(=O)c1ccc(-c2cscn2)cc1)C(=O)N1CC[C@H]2OCC(=O)[C@H]21. The summed E-state index contributed by atoms with van der Waals surface area (Å²) in [5.74, 6) is -0.357. The van der Waals surface area contributed by atoms with Crippen LogP contribution in [0.3, 0.4) is 0 Å². The monoisotopic (exact) mass is 427 g/mol. The lowest BCUT2D eigenvalue weighted by atomic mass is 10.0. The number of fused-ring (bicyclic) bond motifs is 1. The van der Waals surface area contributed by atoms with Crippen LogP contribution >= 0.6 is 11.3 Å². The number of thiazole rings is 1. The average Bonchev–Trinajstić information content (AvgIpc) is 3.46. The molecule has 2 saturated heterocycles. The number of carbonyl (C=O) groups excluding carboxylic acids is 3. The predicted octanol–water partition coefficient (Wildman–Crippen LogP) is 2.52. The van der Waals surface area contributed by atoms with E-state index in [9.17, 15) is 14.4 Å². The van der Waals surface area contributed by atoms with Crippen molar-refractivity contribution in [2.75, 3.05) is 13.2 Å². The van der Waals surface area contributed by atoms with Gasteiger partial charge in [-0.05, 0) is 30.9 Å². The highest BCUT2D eigenvalue weighted by molar-refractivity contribution is 7.07. The zero-order chi connectivity index (χ0) is 21.3. The van der Waals surface area contributed by atoms with Crippen LogP contribution in [-0.2, 0) is 14.3 Å². The van der Waals surface area contributed by atoms with Crippen molar-refractivity contribution < 1.29 is 19.1 Å². The number of ether oxygens (including phenoxy) is 1. The lowest BCUT2D eigenvalue weighted by Gasteiger charge is -2.28. The molecule has 1 aromatic heterocycles. The molecule has 30 heavy (non-hydrogen) atoms. The first kappa shape index (κ1) is 20.7. The topological polar surface area (TPSA) is 88.6 Å². The maximum absolute atomic E-state index is 13.2. The highest BCUT2D eigenvalue weighted by Gasteiger charge is 2.48. The molecule has 2 aliphatic rings. The average molecular weight is 428 g/mol. The van der Waals surface area contributed by atoms with E-state index >= 15 is 0 Å².